The lowest BCUT2D eigenvalue weighted by Crippen LogP contribution is -2.31. The smallest absolute Gasteiger partial charge is 0.230 e. The third kappa shape index (κ3) is 4.93. The first-order chi connectivity index (χ1) is 13.5. The fourth-order valence-corrected chi connectivity index (χ4v) is 3.53. The largest absolute Gasteiger partial charge is 0.489 e. The maximum atomic E-state index is 6.39. The van der Waals surface area contributed by atoms with Gasteiger partial charge in [0.05, 0.1) is 28.9 Å². The van der Waals surface area contributed by atoms with E-state index in [4.69, 9.17) is 16.3 Å². The zero-order valence-corrected chi connectivity index (χ0v) is 17.4. The van der Waals surface area contributed by atoms with Gasteiger partial charge in [-0.2, -0.15) is 4.80 Å². The Morgan fingerprint density at radius 1 is 1.32 bits per heavy atom. The highest BCUT2D eigenvalue weighted by atomic mass is 32.2. The molecule has 2 aromatic heterocycles. The lowest BCUT2D eigenvalue weighted by Gasteiger charge is -2.24. The number of hydrogen-bond acceptors (Lipinski definition) is 9. The van der Waals surface area contributed by atoms with E-state index in [9.17, 15) is 0 Å². The summed E-state index contributed by atoms with van der Waals surface area (Å²) in [4.78, 5) is 6.11. The molecule has 152 valence electrons. The highest BCUT2D eigenvalue weighted by molar-refractivity contribution is 7.98. The van der Waals surface area contributed by atoms with Crippen LogP contribution in [0.5, 0.6) is 5.75 Å². The van der Waals surface area contributed by atoms with Gasteiger partial charge < -0.3 is 15.5 Å². The number of aromatic nitrogens is 5. The molecule has 1 fully saturated rings. The van der Waals surface area contributed by atoms with E-state index in [2.05, 4.69) is 20.4 Å². The summed E-state index contributed by atoms with van der Waals surface area (Å²) in [6, 6.07) is 3.80. The average Bonchev–Trinajstić information content (AvgIpc) is 3.15. The average molecular weight is 405 g/mol. The van der Waals surface area contributed by atoms with E-state index in [0.717, 1.165) is 24.3 Å². The summed E-state index contributed by atoms with van der Waals surface area (Å²) >= 11 is 1.42. The van der Waals surface area contributed by atoms with E-state index in [1.807, 2.05) is 25.3 Å². The highest BCUT2D eigenvalue weighted by Crippen LogP contribution is 2.26. The van der Waals surface area contributed by atoms with Gasteiger partial charge in [0.1, 0.15) is 12.3 Å². The van der Waals surface area contributed by atoms with Crippen molar-refractivity contribution >= 4 is 17.5 Å². The lowest BCUT2D eigenvalue weighted by atomic mass is 9.98. The third-order valence-corrected chi connectivity index (χ3v) is 5.33. The second kappa shape index (κ2) is 9.24. The van der Waals surface area contributed by atoms with E-state index in [0.29, 0.717) is 28.8 Å². The molecule has 0 saturated heterocycles. The van der Waals surface area contributed by atoms with Crippen LogP contribution in [0.25, 0.3) is 5.70 Å². The molecule has 9 nitrogen and oxygen atoms in total. The molecule has 0 atom stereocenters. The summed E-state index contributed by atoms with van der Waals surface area (Å²) in [6.45, 7) is 2.23. The SMILES string of the molecule is CSc1nnn(C/C(=C(/N)c2ccc(OC3CCCCC3)c(C)n2)N(C)N)n1. The Morgan fingerprint density at radius 3 is 2.68 bits per heavy atom. The minimum atomic E-state index is 0.280. The van der Waals surface area contributed by atoms with Crippen LogP contribution in [-0.2, 0) is 6.54 Å². The van der Waals surface area contributed by atoms with E-state index < -0.39 is 0 Å². The van der Waals surface area contributed by atoms with Gasteiger partial charge in [0, 0.05) is 7.05 Å². The standard InChI is InChI=1S/C18H28N8OS/c1-12-16(27-13-7-5-4-6-8-13)10-9-14(21-12)17(19)15(25(2)20)11-26-23-18(28-3)22-24-26/h9-10,13H,4-8,11,19-20H2,1-3H3/b17-15-. The molecule has 4 N–H and O–H groups in total. The van der Waals surface area contributed by atoms with E-state index in [1.54, 1.807) is 7.05 Å². The van der Waals surface area contributed by atoms with Crippen molar-refractivity contribution in [1.82, 2.24) is 30.2 Å². The maximum absolute atomic E-state index is 6.39. The van der Waals surface area contributed by atoms with Crippen molar-refractivity contribution in [3.05, 3.63) is 29.2 Å². The molecule has 0 radical (unpaired) electrons. The molecular weight excluding hydrogens is 376 g/mol. The zero-order chi connectivity index (χ0) is 20.1. The predicted molar refractivity (Wildman–Crippen MR) is 109 cm³/mol. The summed E-state index contributed by atoms with van der Waals surface area (Å²) < 4.78 is 6.15. The van der Waals surface area contributed by atoms with Crippen LogP contribution < -0.4 is 16.3 Å². The molecule has 28 heavy (non-hydrogen) atoms. The summed E-state index contributed by atoms with van der Waals surface area (Å²) in [5.41, 5.74) is 8.97. The second-order valence-corrected chi connectivity index (χ2v) is 7.71. The molecule has 3 rings (SSSR count). The minimum absolute atomic E-state index is 0.280. The van der Waals surface area contributed by atoms with Crippen LogP contribution in [0.2, 0.25) is 0 Å². The Morgan fingerprint density at radius 2 is 2.07 bits per heavy atom. The van der Waals surface area contributed by atoms with E-state index in [1.165, 1.54) is 40.8 Å². The molecule has 1 saturated carbocycles. The van der Waals surface area contributed by atoms with Crippen LogP contribution in [0.3, 0.4) is 0 Å². The third-order valence-electron chi connectivity index (χ3n) is 4.80. The number of rotatable bonds is 7. The van der Waals surface area contributed by atoms with Gasteiger partial charge in [0.2, 0.25) is 5.16 Å². The van der Waals surface area contributed by atoms with Gasteiger partial charge in [-0.05, 0) is 56.2 Å². The van der Waals surface area contributed by atoms with E-state index in [-0.39, 0.29) is 6.10 Å². The quantitative estimate of drug-likeness (QED) is 0.405. The van der Waals surface area contributed by atoms with Crippen LogP contribution in [-0.4, -0.2) is 49.6 Å². The Labute approximate surface area is 169 Å². The summed E-state index contributed by atoms with van der Waals surface area (Å²) in [5, 5.41) is 14.3. The summed E-state index contributed by atoms with van der Waals surface area (Å²) in [5.74, 6) is 6.82. The maximum Gasteiger partial charge on any atom is 0.230 e. The van der Waals surface area contributed by atoms with Crippen molar-refractivity contribution in [2.75, 3.05) is 13.3 Å². The molecule has 0 aliphatic heterocycles. The lowest BCUT2D eigenvalue weighted by molar-refractivity contribution is 0.153. The van der Waals surface area contributed by atoms with Crippen LogP contribution in [0.1, 0.15) is 43.5 Å². The Balaban J connectivity index is 1.80. The number of ether oxygens (including phenoxy) is 1. The number of hydrogen-bond donors (Lipinski definition) is 2. The van der Waals surface area contributed by atoms with E-state index >= 15 is 0 Å². The normalized spacial score (nSPS) is 16.0. The van der Waals surface area contributed by atoms with Crippen LogP contribution in [0.4, 0.5) is 0 Å². The number of hydrazine groups is 1. The van der Waals surface area contributed by atoms with Crippen LogP contribution >= 0.6 is 11.8 Å². The van der Waals surface area contributed by atoms with Gasteiger partial charge in [-0.15, -0.1) is 10.2 Å². The van der Waals surface area contributed by atoms with Gasteiger partial charge >= 0.3 is 0 Å². The van der Waals surface area contributed by atoms with Crippen molar-refractivity contribution in [3.63, 3.8) is 0 Å². The molecule has 0 bridgehead atoms. The number of pyridine rings is 1. The molecule has 0 amide bonds. The Kier molecular flexibility index (Phi) is 6.74. The second-order valence-electron chi connectivity index (χ2n) is 6.94. The van der Waals surface area contributed by atoms with Crippen molar-refractivity contribution in [2.24, 2.45) is 11.6 Å². The zero-order valence-electron chi connectivity index (χ0n) is 16.6. The number of aryl methyl sites for hydroxylation is 1. The molecule has 0 spiro atoms. The van der Waals surface area contributed by atoms with Crippen molar-refractivity contribution in [1.29, 1.82) is 0 Å². The van der Waals surface area contributed by atoms with Gasteiger partial charge in [-0.25, -0.2) is 10.8 Å². The summed E-state index contributed by atoms with van der Waals surface area (Å²) in [6.07, 6.45) is 8.14. The molecule has 1 aliphatic carbocycles. The fourth-order valence-electron chi connectivity index (χ4n) is 3.23. The number of nitrogens with two attached hydrogens (primary N) is 2. The van der Waals surface area contributed by atoms with Crippen LogP contribution in [0, 0.1) is 6.92 Å². The molecule has 1 aliphatic rings. The predicted octanol–water partition coefficient (Wildman–Crippen LogP) is 1.94. The fraction of sp³-hybridized carbons (Fsp3) is 0.556. The molecule has 0 unspecified atom stereocenters. The van der Waals surface area contributed by atoms with Crippen LogP contribution in [0.15, 0.2) is 23.0 Å². The minimum Gasteiger partial charge on any atom is -0.489 e. The number of likely N-dealkylation sites (N-methyl/N-ethyl adjacent to an activating group) is 1. The highest BCUT2D eigenvalue weighted by Gasteiger charge is 2.18. The van der Waals surface area contributed by atoms with Crippen molar-refractivity contribution in [2.45, 2.75) is 56.8 Å². The molecular formula is C18H28N8OS. The topological polar surface area (TPSA) is 121 Å². The molecule has 2 heterocycles. The first-order valence-electron chi connectivity index (χ1n) is 9.41. The monoisotopic (exact) mass is 404 g/mol. The first-order valence-corrected chi connectivity index (χ1v) is 10.6. The van der Waals surface area contributed by atoms with Gasteiger partial charge in [-0.1, -0.05) is 18.2 Å². The molecule has 10 heteroatoms. The number of nitrogens with zero attached hydrogens (tertiary/aromatic N) is 6. The Hall–Kier alpha value is -2.33. The van der Waals surface area contributed by atoms with Gasteiger partial charge in [-0.3, -0.25) is 0 Å². The first kappa shape index (κ1) is 20.4. The van der Waals surface area contributed by atoms with Gasteiger partial charge in [0.15, 0.2) is 0 Å². The molecule has 0 aromatic carbocycles. The van der Waals surface area contributed by atoms with Crippen molar-refractivity contribution in [3.8, 4) is 5.75 Å². The number of tetrazole rings is 1. The van der Waals surface area contributed by atoms with Gasteiger partial charge in [0.25, 0.3) is 0 Å². The summed E-state index contributed by atoms with van der Waals surface area (Å²) in [7, 11) is 1.72. The molecule has 2 aromatic rings. The Bertz CT molecular complexity index is 829. The number of thioether (sulfide) groups is 1. The van der Waals surface area contributed by atoms with Crippen molar-refractivity contribution < 1.29 is 4.74 Å². The number of allylic oxidation sites excluding steroid dienone is 1.